The Bertz CT molecular complexity index is 629. The summed E-state index contributed by atoms with van der Waals surface area (Å²) in [6, 6.07) is 11.0. The molecule has 0 bridgehead atoms. The molecule has 0 aliphatic rings. The second-order valence-corrected chi connectivity index (χ2v) is 5.83. The Kier molecular flexibility index (Phi) is 5.19. The van der Waals surface area contributed by atoms with E-state index in [4.69, 9.17) is 17.3 Å². The van der Waals surface area contributed by atoms with E-state index < -0.39 is 11.7 Å². The molecule has 112 valence electrons. The minimum atomic E-state index is -4.35. The molecule has 2 rings (SSSR count). The van der Waals surface area contributed by atoms with Gasteiger partial charge >= 0.3 is 6.18 Å². The number of thioether (sulfide) groups is 1. The summed E-state index contributed by atoms with van der Waals surface area (Å²) < 4.78 is 38.0. The lowest BCUT2D eigenvalue weighted by Gasteiger charge is -2.12. The molecule has 0 radical (unpaired) electrons. The van der Waals surface area contributed by atoms with E-state index >= 15 is 0 Å². The van der Waals surface area contributed by atoms with Gasteiger partial charge in [0.05, 0.1) is 5.56 Å². The molecule has 0 spiro atoms. The second-order valence-electron chi connectivity index (χ2n) is 4.40. The highest BCUT2D eigenvalue weighted by atomic mass is 35.5. The molecular weight excluding hydrogens is 319 g/mol. The van der Waals surface area contributed by atoms with Gasteiger partial charge < -0.3 is 5.73 Å². The highest BCUT2D eigenvalue weighted by Gasteiger charge is 2.30. The van der Waals surface area contributed by atoms with Gasteiger partial charge in [-0.1, -0.05) is 29.8 Å². The maximum atomic E-state index is 12.7. The molecular formula is C15H13ClF3NS. The largest absolute Gasteiger partial charge is 0.416 e. The van der Waals surface area contributed by atoms with Crippen molar-refractivity contribution in [3.05, 3.63) is 64.2 Å². The van der Waals surface area contributed by atoms with Crippen LogP contribution in [0, 0.1) is 0 Å². The molecule has 2 aromatic rings. The molecule has 0 aliphatic carbocycles. The fraction of sp³-hybridized carbons (Fsp3) is 0.200. The number of hydrogen-bond acceptors (Lipinski definition) is 2. The SMILES string of the molecule is NCc1cc(C(F)(F)F)ccc1SCc1ccccc1Cl. The summed E-state index contributed by atoms with van der Waals surface area (Å²) in [6.07, 6.45) is -4.35. The predicted molar refractivity (Wildman–Crippen MR) is 80.3 cm³/mol. The van der Waals surface area contributed by atoms with Crippen molar-refractivity contribution >= 4 is 23.4 Å². The molecule has 0 saturated carbocycles. The van der Waals surface area contributed by atoms with Crippen LogP contribution in [-0.4, -0.2) is 0 Å². The van der Waals surface area contributed by atoms with Gasteiger partial charge in [-0.05, 0) is 35.4 Å². The molecule has 0 atom stereocenters. The van der Waals surface area contributed by atoms with Crippen molar-refractivity contribution in [2.24, 2.45) is 5.73 Å². The van der Waals surface area contributed by atoms with Crippen LogP contribution in [0.3, 0.4) is 0 Å². The van der Waals surface area contributed by atoms with Crippen LogP contribution in [0.15, 0.2) is 47.4 Å². The number of benzene rings is 2. The van der Waals surface area contributed by atoms with Gasteiger partial charge in [0.25, 0.3) is 0 Å². The number of rotatable bonds is 4. The molecule has 0 saturated heterocycles. The summed E-state index contributed by atoms with van der Waals surface area (Å²) in [4.78, 5) is 0.741. The summed E-state index contributed by atoms with van der Waals surface area (Å²) >= 11 is 7.49. The second kappa shape index (κ2) is 6.73. The molecule has 0 aliphatic heterocycles. The first-order chi connectivity index (χ1) is 9.91. The molecule has 0 amide bonds. The average molecular weight is 332 g/mol. The van der Waals surface area contributed by atoms with Crippen LogP contribution in [-0.2, 0) is 18.5 Å². The van der Waals surface area contributed by atoms with Crippen molar-refractivity contribution in [3.63, 3.8) is 0 Å². The highest BCUT2D eigenvalue weighted by Crippen LogP contribution is 2.34. The molecule has 21 heavy (non-hydrogen) atoms. The standard InChI is InChI=1S/C15H13ClF3NS/c16-13-4-2-1-3-10(13)9-21-14-6-5-12(15(17,18)19)7-11(14)8-20/h1-7H,8-9,20H2. The molecule has 0 aromatic heterocycles. The Morgan fingerprint density at radius 1 is 1.05 bits per heavy atom. The summed E-state index contributed by atoms with van der Waals surface area (Å²) in [5.41, 5.74) is 6.30. The summed E-state index contributed by atoms with van der Waals surface area (Å²) in [6.45, 7) is 0.0643. The van der Waals surface area contributed by atoms with E-state index in [1.54, 1.807) is 6.07 Å². The third-order valence-electron chi connectivity index (χ3n) is 2.95. The Morgan fingerprint density at radius 3 is 2.38 bits per heavy atom. The van der Waals surface area contributed by atoms with Crippen LogP contribution in [0.1, 0.15) is 16.7 Å². The highest BCUT2D eigenvalue weighted by molar-refractivity contribution is 7.98. The molecule has 2 N–H and O–H groups in total. The minimum absolute atomic E-state index is 0.0643. The van der Waals surface area contributed by atoms with Crippen molar-refractivity contribution in [1.29, 1.82) is 0 Å². The Morgan fingerprint density at radius 2 is 1.76 bits per heavy atom. The van der Waals surface area contributed by atoms with Crippen LogP contribution < -0.4 is 5.73 Å². The van der Waals surface area contributed by atoms with Gasteiger partial charge in [0, 0.05) is 22.2 Å². The zero-order chi connectivity index (χ0) is 15.5. The molecule has 6 heteroatoms. The lowest BCUT2D eigenvalue weighted by molar-refractivity contribution is -0.137. The van der Waals surface area contributed by atoms with E-state index in [-0.39, 0.29) is 6.54 Å². The molecule has 0 fully saturated rings. The minimum Gasteiger partial charge on any atom is -0.326 e. The predicted octanol–water partition coefficient (Wildman–Crippen LogP) is 5.11. The van der Waals surface area contributed by atoms with E-state index in [0.717, 1.165) is 22.6 Å². The van der Waals surface area contributed by atoms with Gasteiger partial charge in [-0.3, -0.25) is 0 Å². The first kappa shape index (κ1) is 16.2. The van der Waals surface area contributed by atoms with Gasteiger partial charge in [-0.2, -0.15) is 13.2 Å². The number of alkyl halides is 3. The van der Waals surface area contributed by atoms with Crippen molar-refractivity contribution in [2.75, 3.05) is 0 Å². The number of halogens is 4. The number of nitrogens with two attached hydrogens (primary N) is 1. The number of hydrogen-bond donors (Lipinski definition) is 1. The topological polar surface area (TPSA) is 26.0 Å². The molecule has 2 aromatic carbocycles. The van der Waals surface area contributed by atoms with Crippen LogP contribution in [0.4, 0.5) is 13.2 Å². The fourth-order valence-electron chi connectivity index (χ4n) is 1.83. The van der Waals surface area contributed by atoms with Gasteiger partial charge in [0.2, 0.25) is 0 Å². The van der Waals surface area contributed by atoms with Crippen LogP contribution in [0.5, 0.6) is 0 Å². The van der Waals surface area contributed by atoms with Crippen molar-refractivity contribution < 1.29 is 13.2 Å². The van der Waals surface area contributed by atoms with Gasteiger partial charge in [-0.15, -0.1) is 11.8 Å². The quantitative estimate of drug-likeness (QED) is 0.788. The van der Waals surface area contributed by atoms with E-state index in [9.17, 15) is 13.2 Å². The monoisotopic (exact) mass is 331 g/mol. The smallest absolute Gasteiger partial charge is 0.326 e. The van der Waals surface area contributed by atoms with Crippen molar-refractivity contribution in [1.82, 2.24) is 0 Å². The Balaban J connectivity index is 2.19. The summed E-state index contributed by atoms with van der Waals surface area (Å²) in [5, 5.41) is 0.645. The first-order valence-corrected chi connectivity index (χ1v) is 7.54. The molecule has 0 unspecified atom stereocenters. The zero-order valence-corrected chi connectivity index (χ0v) is 12.5. The third-order valence-corrected chi connectivity index (χ3v) is 4.48. The molecule has 1 nitrogen and oxygen atoms in total. The van der Waals surface area contributed by atoms with Crippen LogP contribution in [0.2, 0.25) is 5.02 Å². The van der Waals surface area contributed by atoms with E-state index in [1.807, 2.05) is 18.2 Å². The van der Waals surface area contributed by atoms with Gasteiger partial charge in [-0.25, -0.2) is 0 Å². The van der Waals surface area contributed by atoms with Crippen molar-refractivity contribution in [3.8, 4) is 0 Å². The van der Waals surface area contributed by atoms with Gasteiger partial charge in [0.15, 0.2) is 0 Å². The first-order valence-electron chi connectivity index (χ1n) is 6.18. The fourth-order valence-corrected chi connectivity index (χ4v) is 3.16. The normalized spacial score (nSPS) is 11.7. The van der Waals surface area contributed by atoms with Crippen LogP contribution in [0.25, 0.3) is 0 Å². The lowest BCUT2D eigenvalue weighted by atomic mass is 10.1. The lowest BCUT2D eigenvalue weighted by Crippen LogP contribution is -2.07. The van der Waals surface area contributed by atoms with E-state index in [2.05, 4.69) is 0 Å². The Hall–Kier alpha value is -1.17. The zero-order valence-electron chi connectivity index (χ0n) is 11.0. The Labute approximate surface area is 130 Å². The van der Waals surface area contributed by atoms with E-state index in [0.29, 0.717) is 16.3 Å². The van der Waals surface area contributed by atoms with Crippen molar-refractivity contribution in [2.45, 2.75) is 23.4 Å². The summed E-state index contributed by atoms with van der Waals surface area (Å²) in [5.74, 6) is 0.581. The van der Waals surface area contributed by atoms with Gasteiger partial charge in [0.1, 0.15) is 0 Å². The third kappa shape index (κ3) is 4.15. The van der Waals surface area contributed by atoms with Crippen LogP contribution >= 0.6 is 23.4 Å². The molecule has 0 heterocycles. The average Bonchev–Trinajstić information content (AvgIpc) is 2.45. The van der Waals surface area contributed by atoms with E-state index in [1.165, 1.54) is 17.8 Å². The maximum Gasteiger partial charge on any atom is 0.416 e. The maximum absolute atomic E-state index is 12.7. The summed E-state index contributed by atoms with van der Waals surface area (Å²) in [7, 11) is 0.